The van der Waals surface area contributed by atoms with E-state index < -0.39 is 9.84 Å². The first-order valence-electron chi connectivity index (χ1n) is 10.3. The van der Waals surface area contributed by atoms with E-state index in [9.17, 15) is 12.8 Å². The summed E-state index contributed by atoms with van der Waals surface area (Å²) in [6.45, 7) is 0.428. The molecular weight excluding hydrogens is 451 g/mol. The van der Waals surface area contributed by atoms with E-state index in [1.54, 1.807) is 11.6 Å². The maximum atomic E-state index is 13.3. The van der Waals surface area contributed by atoms with Gasteiger partial charge in [0.05, 0.1) is 6.33 Å². The summed E-state index contributed by atoms with van der Waals surface area (Å²) in [5.41, 5.74) is 11.0. The van der Waals surface area contributed by atoms with Crippen LogP contribution in [0.5, 0.6) is 0 Å². The van der Waals surface area contributed by atoms with Crippen LogP contribution in [0.25, 0.3) is 0 Å². The van der Waals surface area contributed by atoms with Crippen LogP contribution in [0.15, 0.2) is 60.0 Å². The van der Waals surface area contributed by atoms with Crippen LogP contribution in [0.2, 0.25) is 0 Å². The highest BCUT2D eigenvalue weighted by Gasteiger charge is 2.27. The van der Waals surface area contributed by atoms with Crippen LogP contribution in [-0.2, 0) is 36.3 Å². The minimum atomic E-state index is -3.48. The predicted octanol–water partition coefficient (Wildman–Crippen LogP) is 3.10. The third kappa shape index (κ3) is 5.56. The number of hydrogen-bond acceptors (Lipinski definition) is 5. The second kappa shape index (κ2) is 10.1. The van der Waals surface area contributed by atoms with E-state index in [1.165, 1.54) is 35.8 Å². The fraction of sp³-hybridized carbons (Fsp3) is 0.348. The molecule has 0 amide bonds. The van der Waals surface area contributed by atoms with Gasteiger partial charge in [0.25, 0.3) is 0 Å². The molecule has 1 aliphatic rings. The van der Waals surface area contributed by atoms with Crippen LogP contribution in [0.3, 0.4) is 0 Å². The number of aryl methyl sites for hydroxylation is 2. The molecule has 4 rings (SSSR count). The average Bonchev–Trinajstić information content (AvgIpc) is 3.19. The maximum absolute atomic E-state index is 13.3. The van der Waals surface area contributed by atoms with E-state index in [2.05, 4.69) is 22.4 Å². The highest BCUT2D eigenvalue weighted by molar-refractivity contribution is 7.91. The zero-order valence-corrected chi connectivity index (χ0v) is 19.5. The lowest BCUT2D eigenvalue weighted by molar-refractivity contribution is 0.466. The second-order valence-electron chi connectivity index (χ2n) is 8.24. The van der Waals surface area contributed by atoms with E-state index in [0.29, 0.717) is 6.54 Å². The second-order valence-corrected chi connectivity index (χ2v) is 10.2. The molecule has 0 fully saturated rings. The van der Waals surface area contributed by atoms with Gasteiger partial charge < -0.3 is 10.3 Å². The van der Waals surface area contributed by atoms with Crippen molar-refractivity contribution in [3.63, 3.8) is 0 Å². The molecule has 32 heavy (non-hydrogen) atoms. The fourth-order valence-electron chi connectivity index (χ4n) is 4.17. The summed E-state index contributed by atoms with van der Waals surface area (Å²) in [5, 5.41) is 3.10. The van der Waals surface area contributed by atoms with Crippen molar-refractivity contribution >= 4 is 22.2 Å². The molecular formula is C23H28ClFN4O2S. The minimum absolute atomic E-state index is 0. The number of benzene rings is 2. The van der Waals surface area contributed by atoms with E-state index in [0.717, 1.165) is 30.4 Å². The third-order valence-electron chi connectivity index (χ3n) is 5.86. The van der Waals surface area contributed by atoms with Crippen LogP contribution >= 0.6 is 12.4 Å². The van der Waals surface area contributed by atoms with Crippen molar-refractivity contribution in [1.29, 1.82) is 0 Å². The Morgan fingerprint density at radius 2 is 1.91 bits per heavy atom. The summed E-state index contributed by atoms with van der Waals surface area (Å²) in [6, 6.07) is 12.9. The first-order chi connectivity index (χ1) is 14.8. The maximum Gasteiger partial charge on any atom is 0.210 e. The number of nitrogens with one attached hydrogen (secondary N) is 1. The van der Waals surface area contributed by atoms with Gasteiger partial charge >= 0.3 is 0 Å². The molecule has 9 heteroatoms. The lowest BCUT2D eigenvalue weighted by atomic mass is 9.76. The Morgan fingerprint density at radius 1 is 1.19 bits per heavy atom. The Morgan fingerprint density at radius 3 is 2.59 bits per heavy atom. The highest BCUT2D eigenvalue weighted by atomic mass is 35.5. The van der Waals surface area contributed by atoms with Gasteiger partial charge in [0.15, 0.2) is 5.03 Å². The van der Waals surface area contributed by atoms with Gasteiger partial charge in [-0.1, -0.05) is 30.3 Å². The van der Waals surface area contributed by atoms with Crippen molar-refractivity contribution in [2.45, 2.75) is 42.8 Å². The summed E-state index contributed by atoms with van der Waals surface area (Å²) >= 11 is 0. The first kappa shape index (κ1) is 24.4. The number of hydrogen-bond donors (Lipinski definition) is 2. The van der Waals surface area contributed by atoms with E-state index >= 15 is 0 Å². The molecule has 0 saturated carbocycles. The number of rotatable bonds is 7. The van der Waals surface area contributed by atoms with Gasteiger partial charge in [0.2, 0.25) is 9.84 Å². The van der Waals surface area contributed by atoms with Crippen molar-refractivity contribution < 1.29 is 12.8 Å². The lowest BCUT2D eigenvalue weighted by Gasteiger charge is -2.32. The van der Waals surface area contributed by atoms with Gasteiger partial charge in [0.1, 0.15) is 11.7 Å². The van der Waals surface area contributed by atoms with Gasteiger partial charge in [-0.25, -0.2) is 17.8 Å². The fourth-order valence-corrected chi connectivity index (χ4v) is 5.22. The molecule has 2 atom stereocenters. The van der Waals surface area contributed by atoms with Crippen molar-refractivity contribution in [1.82, 2.24) is 14.9 Å². The highest BCUT2D eigenvalue weighted by Crippen LogP contribution is 2.34. The molecule has 172 valence electrons. The first-order valence-corrected chi connectivity index (χ1v) is 12.0. The van der Waals surface area contributed by atoms with Crippen LogP contribution in [0.1, 0.15) is 34.6 Å². The Labute approximate surface area is 194 Å². The molecule has 2 unspecified atom stereocenters. The predicted molar refractivity (Wildman–Crippen MR) is 125 cm³/mol. The summed E-state index contributed by atoms with van der Waals surface area (Å²) in [7, 11) is -1.75. The molecule has 1 aliphatic carbocycles. The van der Waals surface area contributed by atoms with E-state index in [4.69, 9.17) is 5.73 Å². The molecule has 1 aromatic heterocycles. The summed E-state index contributed by atoms with van der Waals surface area (Å²) in [4.78, 5) is 3.93. The number of nitrogens with zero attached hydrogens (tertiary/aromatic N) is 2. The number of imidazole rings is 1. The number of halogens is 2. The smallest absolute Gasteiger partial charge is 0.210 e. The molecule has 6 nitrogen and oxygen atoms in total. The van der Waals surface area contributed by atoms with Crippen molar-refractivity contribution in [3.8, 4) is 0 Å². The van der Waals surface area contributed by atoms with Gasteiger partial charge in [-0.05, 0) is 53.6 Å². The Hall–Kier alpha value is -2.26. The molecule has 0 radical (unpaired) electrons. The lowest BCUT2D eigenvalue weighted by Crippen LogP contribution is -2.34. The monoisotopic (exact) mass is 478 g/mol. The third-order valence-corrected chi connectivity index (χ3v) is 7.30. The normalized spacial score (nSPS) is 18.1. The summed E-state index contributed by atoms with van der Waals surface area (Å²) in [6.07, 6.45) is 5.56. The van der Waals surface area contributed by atoms with Gasteiger partial charge in [-0.3, -0.25) is 5.32 Å². The largest absolute Gasteiger partial charge is 0.339 e. The van der Waals surface area contributed by atoms with E-state index in [1.807, 2.05) is 18.2 Å². The molecule has 2 aromatic carbocycles. The van der Waals surface area contributed by atoms with Crippen LogP contribution in [-0.4, -0.2) is 29.9 Å². The number of nitrogens with two attached hydrogens (primary N) is 1. The van der Waals surface area contributed by atoms with Crippen LogP contribution in [0.4, 0.5) is 4.39 Å². The van der Waals surface area contributed by atoms with Gasteiger partial charge in [0, 0.05) is 31.7 Å². The number of sulfone groups is 1. The molecule has 0 aliphatic heterocycles. The van der Waals surface area contributed by atoms with E-state index in [-0.39, 0.29) is 41.1 Å². The molecule has 0 saturated heterocycles. The molecule has 0 spiro atoms. The standard InChI is InChI=1S/C23H27FN4O2S.ClH/c1-28-13-23(27-14-28)31(29,30)15-26-12-17-2-5-18-6-9-22(25)21(20(18)11-17)10-16-3-7-19(24)8-4-16;/h2-5,7-8,11,13-14,21-22,26H,6,9-10,12,15,25H2,1H3;1H. The Bertz CT molecular complexity index is 1160. The Balaban J connectivity index is 0.00000289. The SMILES string of the molecule is Cl.Cn1cnc(S(=O)(=O)CNCc2ccc3c(c2)C(Cc2ccc(F)cc2)C(N)CC3)c1. The van der Waals surface area contributed by atoms with Crippen molar-refractivity contribution in [3.05, 3.63) is 83.1 Å². The molecule has 3 N–H and O–H groups in total. The zero-order chi connectivity index (χ0) is 22.0. The molecule has 1 heterocycles. The van der Waals surface area contributed by atoms with Gasteiger partial charge in [-0.2, -0.15) is 0 Å². The van der Waals surface area contributed by atoms with Gasteiger partial charge in [-0.15, -0.1) is 12.4 Å². The van der Waals surface area contributed by atoms with Crippen molar-refractivity contribution in [2.24, 2.45) is 12.8 Å². The average molecular weight is 479 g/mol. The number of fused-ring (bicyclic) bond motifs is 1. The topological polar surface area (TPSA) is 90.0 Å². The number of aromatic nitrogens is 2. The molecule has 3 aromatic rings. The Kier molecular flexibility index (Phi) is 7.71. The summed E-state index contributed by atoms with van der Waals surface area (Å²) < 4.78 is 39.7. The van der Waals surface area contributed by atoms with Crippen molar-refractivity contribution in [2.75, 3.05) is 5.88 Å². The van der Waals surface area contributed by atoms with Crippen LogP contribution < -0.4 is 11.1 Å². The quantitative estimate of drug-likeness (QED) is 0.544. The zero-order valence-electron chi connectivity index (χ0n) is 17.9. The molecule has 0 bridgehead atoms. The summed E-state index contributed by atoms with van der Waals surface area (Å²) in [5.74, 6) is -0.280. The minimum Gasteiger partial charge on any atom is -0.339 e. The van der Waals surface area contributed by atoms with Crippen LogP contribution in [0, 0.1) is 5.82 Å².